The highest BCUT2D eigenvalue weighted by molar-refractivity contribution is 5.04. The monoisotopic (exact) mass is 254 g/mol. The largest absolute Gasteiger partial charge is 0.311 e. The van der Waals surface area contributed by atoms with Gasteiger partial charge in [-0.25, -0.2) is 0 Å². The summed E-state index contributed by atoms with van der Waals surface area (Å²) < 4.78 is 0. The van der Waals surface area contributed by atoms with E-state index in [1.54, 1.807) is 0 Å². The molecule has 1 rings (SSSR count). The van der Waals surface area contributed by atoms with E-state index in [4.69, 9.17) is 0 Å². The molecule has 1 aliphatic heterocycles. The van der Waals surface area contributed by atoms with Crippen LogP contribution >= 0.6 is 0 Å². The third-order valence-corrected chi connectivity index (χ3v) is 4.76. The Bertz CT molecular complexity index is 248. The normalized spacial score (nSPS) is 24.2. The fourth-order valence-corrected chi connectivity index (χ4v) is 4.29. The van der Waals surface area contributed by atoms with Gasteiger partial charge in [-0.1, -0.05) is 20.8 Å². The minimum atomic E-state index is 0.247. The van der Waals surface area contributed by atoms with Gasteiger partial charge in [0, 0.05) is 16.6 Å². The first kappa shape index (κ1) is 16.0. The highest BCUT2D eigenvalue weighted by atomic mass is 15.1. The minimum absolute atomic E-state index is 0.247. The molecule has 0 aliphatic carbocycles. The zero-order chi connectivity index (χ0) is 14.0. The van der Waals surface area contributed by atoms with Crippen LogP contribution in [-0.2, 0) is 0 Å². The van der Waals surface area contributed by atoms with E-state index in [1.165, 1.54) is 25.7 Å². The van der Waals surface area contributed by atoms with Crippen molar-refractivity contribution in [1.29, 1.82) is 0 Å². The summed E-state index contributed by atoms with van der Waals surface area (Å²) in [5, 5.41) is 7.61. The maximum atomic E-state index is 3.81. The third-order valence-electron chi connectivity index (χ3n) is 4.76. The molecule has 0 spiro atoms. The van der Waals surface area contributed by atoms with E-state index in [9.17, 15) is 0 Å². The molecular weight excluding hydrogens is 220 g/mol. The van der Waals surface area contributed by atoms with Crippen molar-refractivity contribution in [2.45, 2.75) is 90.8 Å². The van der Waals surface area contributed by atoms with Crippen LogP contribution in [0.25, 0.3) is 0 Å². The first-order valence-corrected chi connectivity index (χ1v) is 7.74. The van der Waals surface area contributed by atoms with Gasteiger partial charge in [-0.15, -0.1) is 0 Å². The van der Waals surface area contributed by atoms with Crippen molar-refractivity contribution in [3.63, 3.8) is 0 Å². The van der Waals surface area contributed by atoms with E-state index in [2.05, 4.69) is 59.1 Å². The predicted molar refractivity (Wildman–Crippen MR) is 81.0 cm³/mol. The van der Waals surface area contributed by atoms with E-state index in [0.29, 0.717) is 5.54 Å². The molecule has 0 radical (unpaired) electrons. The van der Waals surface area contributed by atoms with Crippen molar-refractivity contribution in [3.05, 3.63) is 0 Å². The standard InChI is InChI=1S/C16H34N2/c1-8-16(9-2,17-10-3)13-11-14(4,5)18-15(6,7)12-13/h13,17-18H,8-12H2,1-7H3. The molecule has 2 heteroatoms. The summed E-state index contributed by atoms with van der Waals surface area (Å²) in [7, 11) is 0. The number of nitrogens with one attached hydrogen (secondary N) is 2. The molecule has 1 aliphatic rings. The average molecular weight is 254 g/mol. The van der Waals surface area contributed by atoms with E-state index in [0.717, 1.165) is 12.5 Å². The average Bonchev–Trinajstić information content (AvgIpc) is 2.21. The van der Waals surface area contributed by atoms with Crippen LogP contribution in [0.1, 0.15) is 74.1 Å². The summed E-state index contributed by atoms with van der Waals surface area (Å²) in [6.45, 7) is 17.4. The van der Waals surface area contributed by atoms with Crippen LogP contribution < -0.4 is 10.6 Å². The second kappa shape index (κ2) is 5.50. The summed E-state index contributed by atoms with van der Waals surface area (Å²) in [5.41, 5.74) is 0.820. The molecule has 0 saturated carbocycles. The first-order valence-electron chi connectivity index (χ1n) is 7.74. The SMILES string of the molecule is CCNC(CC)(CC)C1CC(C)(C)NC(C)(C)C1. The van der Waals surface area contributed by atoms with Crippen LogP contribution in [0.5, 0.6) is 0 Å². The molecule has 0 aromatic carbocycles. The number of hydrogen-bond donors (Lipinski definition) is 2. The van der Waals surface area contributed by atoms with E-state index >= 15 is 0 Å². The Labute approximate surface area is 114 Å². The van der Waals surface area contributed by atoms with Crippen molar-refractivity contribution in [3.8, 4) is 0 Å². The molecule has 18 heavy (non-hydrogen) atoms. The first-order chi connectivity index (χ1) is 8.20. The van der Waals surface area contributed by atoms with Gasteiger partial charge in [-0.3, -0.25) is 0 Å². The van der Waals surface area contributed by atoms with Gasteiger partial charge in [0.25, 0.3) is 0 Å². The van der Waals surface area contributed by atoms with Gasteiger partial charge in [0.1, 0.15) is 0 Å². The molecule has 0 atom stereocenters. The second-order valence-electron chi connectivity index (χ2n) is 7.39. The molecule has 0 unspecified atom stereocenters. The molecule has 0 aromatic heterocycles. The summed E-state index contributed by atoms with van der Waals surface area (Å²) in [6.07, 6.45) is 5.00. The lowest BCUT2D eigenvalue weighted by Gasteiger charge is -2.53. The predicted octanol–water partition coefficient (Wildman–Crippen LogP) is 3.71. The highest BCUT2D eigenvalue weighted by Crippen LogP contribution is 2.41. The Kier molecular flexibility index (Phi) is 4.88. The summed E-state index contributed by atoms with van der Waals surface area (Å²) in [4.78, 5) is 0. The van der Waals surface area contributed by atoms with E-state index in [1.807, 2.05) is 0 Å². The van der Waals surface area contributed by atoms with Gasteiger partial charge >= 0.3 is 0 Å². The molecule has 0 bridgehead atoms. The second-order valence-corrected chi connectivity index (χ2v) is 7.39. The van der Waals surface area contributed by atoms with Crippen molar-refractivity contribution < 1.29 is 0 Å². The quantitative estimate of drug-likeness (QED) is 0.781. The molecule has 2 nitrogen and oxygen atoms in total. The molecule has 2 N–H and O–H groups in total. The Hall–Kier alpha value is -0.0800. The summed E-state index contributed by atoms with van der Waals surface area (Å²) in [6, 6.07) is 0. The Morgan fingerprint density at radius 1 is 1.00 bits per heavy atom. The smallest absolute Gasteiger partial charge is 0.0205 e. The van der Waals surface area contributed by atoms with Crippen LogP contribution in [0.3, 0.4) is 0 Å². The van der Waals surface area contributed by atoms with Gasteiger partial charge in [-0.05, 0) is 65.8 Å². The number of rotatable bonds is 5. The lowest BCUT2D eigenvalue weighted by Crippen LogP contribution is -2.63. The number of piperidine rings is 1. The zero-order valence-electron chi connectivity index (χ0n) is 13.6. The Morgan fingerprint density at radius 2 is 1.44 bits per heavy atom. The molecular formula is C16H34N2. The van der Waals surface area contributed by atoms with E-state index < -0.39 is 0 Å². The maximum absolute atomic E-state index is 3.81. The van der Waals surface area contributed by atoms with E-state index in [-0.39, 0.29) is 11.1 Å². The lowest BCUT2D eigenvalue weighted by atomic mass is 9.65. The highest BCUT2D eigenvalue weighted by Gasteiger charge is 2.45. The van der Waals surface area contributed by atoms with Gasteiger partial charge in [0.2, 0.25) is 0 Å². The van der Waals surface area contributed by atoms with Crippen LogP contribution in [0.2, 0.25) is 0 Å². The minimum Gasteiger partial charge on any atom is -0.311 e. The van der Waals surface area contributed by atoms with Gasteiger partial charge in [0.15, 0.2) is 0 Å². The molecule has 0 amide bonds. The summed E-state index contributed by atoms with van der Waals surface area (Å²) in [5.74, 6) is 0.763. The Balaban J connectivity index is 2.97. The van der Waals surface area contributed by atoms with Gasteiger partial charge < -0.3 is 10.6 Å². The van der Waals surface area contributed by atoms with Crippen LogP contribution in [0.15, 0.2) is 0 Å². The van der Waals surface area contributed by atoms with Gasteiger partial charge in [-0.2, -0.15) is 0 Å². The molecule has 0 aromatic rings. The van der Waals surface area contributed by atoms with Crippen molar-refractivity contribution in [2.75, 3.05) is 6.54 Å². The van der Waals surface area contributed by atoms with Crippen molar-refractivity contribution in [1.82, 2.24) is 10.6 Å². The van der Waals surface area contributed by atoms with Crippen molar-refractivity contribution in [2.24, 2.45) is 5.92 Å². The summed E-state index contributed by atoms with van der Waals surface area (Å²) >= 11 is 0. The lowest BCUT2D eigenvalue weighted by molar-refractivity contribution is 0.0555. The third kappa shape index (κ3) is 3.48. The molecule has 1 fully saturated rings. The zero-order valence-corrected chi connectivity index (χ0v) is 13.6. The maximum Gasteiger partial charge on any atom is 0.0205 e. The van der Waals surface area contributed by atoms with Crippen molar-refractivity contribution >= 4 is 0 Å². The Morgan fingerprint density at radius 3 is 1.78 bits per heavy atom. The fourth-order valence-electron chi connectivity index (χ4n) is 4.29. The van der Waals surface area contributed by atoms with Crippen LogP contribution in [0, 0.1) is 5.92 Å². The fraction of sp³-hybridized carbons (Fsp3) is 1.00. The van der Waals surface area contributed by atoms with Crippen LogP contribution in [0.4, 0.5) is 0 Å². The number of hydrogen-bond acceptors (Lipinski definition) is 2. The molecule has 1 saturated heterocycles. The van der Waals surface area contributed by atoms with Crippen LogP contribution in [-0.4, -0.2) is 23.2 Å². The van der Waals surface area contributed by atoms with Gasteiger partial charge in [0.05, 0.1) is 0 Å². The molecule has 108 valence electrons. The molecule has 1 heterocycles. The topological polar surface area (TPSA) is 24.1 Å².